The van der Waals surface area contributed by atoms with Gasteiger partial charge in [0.15, 0.2) is 0 Å². The van der Waals surface area contributed by atoms with Crippen LogP contribution in [0.25, 0.3) is 0 Å². The Labute approximate surface area is 87.5 Å². The van der Waals surface area contributed by atoms with Gasteiger partial charge in [0, 0.05) is 13.0 Å². The van der Waals surface area contributed by atoms with Gasteiger partial charge in [-0.05, 0) is 18.8 Å². The van der Waals surface area contributed by atoms with Crippen LogP contribution < -0.4 is 5.32 Å². The first-order valence-electron chi connectivity index (χ1n) is 5.99. The van der Waals surface area contributed by atoms with Crippen molar-refractivity contribution in [3.8, 4) is 0 Å². The van der Waals surface area contributed by atoms with E-state index in [0.29, 0.717) is 6.04 Å². The number of carbonyl (C=O) groups is 1. The van der Waals surface area contributed by atoms with E-state index in [1.807, 2.05) is 0 Å². The summed E-state index contributed by atoms with van der Waals surface area (Å²) in [7, 11) is 0. The van der Waals surface area contributed by atoms with Gasteiger partial charge in [-0.25, -0.2) is 0 Å². The second kappa shape index (κ2) is 6.05. The van der Waals surface area contributed by atoms with Gasteiger partial charge in [0.25, 0.3) is 0 Å². The Bertz CT molecular complexity index is 173. The number of hydrogen-bond donors (Lipinski definition) is 1. The van der Waals surface area contributed by atoms with E-state index in [9.17, 15) is 4.79 Å². The van der Waals surface area contributed by atoms with E-state index in [2.05, 4.69) is 12.2 Å². The Morgan fingerprint density at radius 2 is 2.00 bits per heavy atom. The second-order valence-corrected chi connectivity index (χ2v) is 4.55. The van der Waals surface area contributed by atoms with Crippen molar-refractivity contribution in [2.75, 3.05) is 0 Å². The van der Waals surface area contributed by atoms with Crippen LogP contribution in [0.15, 0.2) is 0 Å². The van der Waals surface area contributed by atoms with Crippen molar-refractivity contribution >= 4 is 5.91 Å². The van der Waals surface area contributed by atoms with Crippen molar-refractivity contribution in [2.45, 2.75) is 64.8 Å². The molecule has 0 saturated heterocycles. The monoisotopic (exact) mass is 197 g/mol. The molecular formula is C12H23NO. The molecule has 0 bridgehead atoms. The van der Waals surface area contributed by atoms with Gasteiger partial charge < -0.3 is 5.32 Å². The molecule has 14 heavy (non-hydrogen) atoms. The lowest BCUT2D eigenvalue weighted by Gasteiger charge is -2.26. The van der Waals surface area contributed by atoms with E-state index in [1.165, 1.54) is 38.5 Å². The minimum atomic E-state index is 0.118. The molecule has 1 saturated carbocycles. The van der Waals surface area contributed by atoms with Gasteiger partial charge in [-0.15, -0.1) is 0 Å². The average Bonchev–Trinajstić information content (AvgIpc) is 2.17. The predicted octanol–water partition coefficient (Wildman–Crippen LogP) is 2.87. The molecule has 1 rings (SSSR count). The van der Waals surface area contributed by atoms with Gasteiger partial charge in [0.05, 0.1) is 0 Å². The van der Waals surface area contributed by atoms with Crippen molar-refractivity contribution < 1.29 is 4.79 Å². The molecule has 1 aliphatic carbocycles. The largest absolute Gasteiger partial charge is 0.354 e. The van der Waals surface area contributed by atoms with Crippen molar-refractivity contribution in [3.63, 3.8) is 0 Å². The van der Waals surface area contributed by atoms with Crippen LogP contribution >= 0.6 is 0 Å². The number of rotatable bonds is 4. The average molecular weight is 197 g/mol. The fourth-order valence-electron chi connectivity index (χ4n) is 2.44. The first kappa shape index (κ1) is 11.5. The van der Waals surface area contributed by atoms with E-state index in [-0.39, 0.29) is 5.91 Å². The molecule has 0 aliphatic heterocycles. The zero-order valence-electron chi connectivity index (χ0n) is 9.51. The molecule has 82 valence electrons. The van der Waals surface area contributed by atoms with Crippen LogP contribution in [0.3, 0.4) is 0 Å². The summed E-state index contributed by atoms with van der Waals surface area (Å²) in [5.41, 5.74) is 0. The lowest BCUT2D eigenvalue weighted by Crippen LogP contribution is -2.34. The van der Waals surface area contributed by atoms with Crippen LogP contribution in [0.1, 0.15) is 58.8 Å². The molecule has 2 nitrogen and oxygen atoms in total. The highest BCUT2D eigenvalue weighted by atomic mass is 16.1. The number of hydrogen-bond acceptors (Lipinski definition) is 1. The predicted molar refractivity (Wildman–Crippen MR) is 59.1 cm³/mol. The molecule has 0 aromatic carbocycles. The third kappa shape index (κ3) is 4.12. The minimum Gasteiger partial charge on any atom is -0.354 e. The Hall–Kier alpha value is -0.530. The summed E-state index contributed by atoms with van der Waals surface area (Å²) in [4.78, 5) is 10.9. The van der Waals surface area contributed by atoms with Crippen molar-refractivity contribution in [1.29, 1.82) is 0 Å². The Balaban J connectivity index is 2.27. The van der Waals surface area contributed by atoms with Crippen LogP contribution in [0, 0.1) is 5.92 Å². The van der Waals surface area contributed by atoms with Gasteiger partial charge in [-0.3, -0.25) is 4.79 Å². The molecule has 0 heterocycles. The van der Waals surface area contributed by atoms with E-state index >= 15 is 0 Å². The van der Waals surface area contributed by atoms with Gasteiger partial charge in [0.2, 0.25) is 5.91 Å². The van der Waals surface area contributed by atoms with Crippen molar-refractivity contribution in [3.05, 3.63) is 0 Å². The molecule has 1 atom stereocenters. The van der Waals surface area contributed by atoms with Crippen LogP contribution in [0.2, 0.25) is 0 Å². The lowest BCUT2D eigenvalue weighted by atomic mass is 9.84. The summed E-state index contributed by atoms with van der Waals surface area (Å²) in [5, 5.41) is 3.04. The first-order valence-corrected chi connectivity index (χ1v) is 5.99. The number of carbonyl (C=O) groups excluding carboxylic acids is 1. The molecule has 2 heteroatoms. The van der Waals surface area contributed by atoms with E-state index in [0.717, 1.165) is 12.3 Å². The lowest BCUT2D eigenvalue weighted by molar-refractivity contribution is -0.119. The molecule has 1 fully saturated rings. The van der Waals surface area contributed by atoms with Gasteiger partial charge in [-0.1, -0.05) is 39.0 Å². The maximum Gasteiger partial charge on any atom is 0.217 e. The van der Waals surface area contributed by atoms with Gasteiger partial charge >= 0.3 is 0 Å². The second-order valence-electron chi connectivity index (χ2n) is 4.55. The van der Waals surface area contributed by atoms with Crippen LogP contribution in [-0.4, -0.2) is 11.9 Å². The molecule has 0 radical (unpaired) electrons. The molecule has 0 aromatic heterocycles. The molecule has 1 amide bonds. The standard InChI is InChI=1S/C12H23NO/c1-3-12(13-10(2)14)9-11-7-5-4-6-8-11/h11-12H,3-9H2,1-2H3,(H,13,14). The Morgan fingerprint density at radius 3 is 2.50 bits per heavy atom. The topological polar surface area (TPSA) is 29.1 Å². The zero-order chi connectivity index (χ0) is 10.4. The number of nitrogens with one attached hydrogen (secondary N) is 1. The summed E-state index contributed by atoms with van der Waals surface area (Å²) >= 11 is 0. The van der Waals surface area contributed by atoms with Crippen molar-refractivity contribution in [2.24, 2.45) is 5.92 Å². The molecule has 1 N–H and O–H groups in total. The Kier molecular flexibility index (Phi) is 4.99. The summed E-state index contributed by atoms with van der Waals surface area (Å²) in [6.07, 6.45) is 9.19. The summed E-state index contributed by atoms with van der Waals surface area (Å²) in [6, 6.07) is 0.413. The minimum absolute atomic E-state index is 0.118. The van der Waals surface area contributed by atoms with Crippen molar-refractivity contribution in [1.82, 2.24) is 5.32 Å². The number of amides is 1. The van der Waals surface area contributed by atoms with E-state index in [1.54, 1.807) is 6.92 Å². The highest BCUT2D eigenvalue weighted by Crippen LogP contribution is 2.27. The fraction of sp³-hybridized carbons (Fsp3) is 0.917. The maximum atomic E-state index is 10.9. The summed E-state index contributed by atoms with van der Waals surface area (Å²) in [6.45, 7) is 3.77. The molecular weight excluding hydrogens is 174 g/mol. The smallest absolute Gasteiger partial charge is 0.217 e. The van der Waals surface area contributed by atoms with Gasteiger partial charge in [-0.2, -0.15) is 0 Å². The highest BCUT2D eigenvalue weighted by Gasteiger charge is 2.18. The summed E-state index contributed by atoms with van der Waals surface area (Å²) in [5.74, 6) is 0.980. The SMILES string of the molecule is CCC(CC1CCCCC1)NC(C)=O. The molecule has 0 spiro atoms. The van der Waals surface area contributed by atoms with E-state index < -0.39 is 0 Å². The molecule has 1 unspecified atom stereocenters. The summed E-state index contributed by atoms with van der Waals surface area (Å²) < 4.78 is 0. The highest BCUT2D eigenvalue weighted by molar-refractivity contribution is 5.73. The van der Waals surface area contributed by atoms with E-state index in [4.69, 9.17) is 0 Å². The zero-order valence-corrected chi connectivity index (χ0v) is 9.51. The normalized spacial score (nSPS) is 20.4. The van der Waals surface area contributed by atoms with Crippen LogP contribution in [-0.2, 0) is 4.79 Å². The Morgan fingerprint density at radius 1 is 1.36 bits per heavy atom. The third-order valence-electron chi connectivity index (χ3n) is 3.24. The maximum absolute atomic E-state index is 10.9. The quantitative estimate of drug-likeness (QED) is 0.737. The van der Waals surface area contributed by atoms with Gasteiger partial charge in [0.1, 0.15) is 0 Å². The van der Waals surface area contributed by atoms with Crippen LogP contribution in [0.4, 0.5) is 0 Å². The van der Waals surface area contributed by atoms with Crippen LogP contribution in [0.5, 0.6) is 0 Å². The fourth-order valence-corrected chi connectivity index (χ4v) is 2.44. The molecule has 1 aliphatic rings. The third-order valence-corrected chi connectivity index (χ3v) is 3.24. The first-order chi connectivity index (χ1) is 6.72. The molecule has 0 aromatic rings.